The maximum atomic E-state index is 11.7. The molecule has 0 bridgehead atoms. The number of furan rings is 1. The van der Waals surface area contributed by atoms with Crippen molar-refractivity contribution in [3.63, 3.8) is 0 Å². The van der Waals surface area contributed by atoms with Crippen LogP contribution in [0.1, 0.15) is 22.9 Å². The normalized spacial score (nSPS) is 10.5. The van der Waals surface area contributed by atoms with Crippen molar-refractivity contribution < 1.29 is 28.0 Å². The number of benzene rings is 1. The van der Waals surface area contributed by atoms with Crippen molar-refractivity contribution in [3.05, 3.63) is 54.3 Å². The Bertz CT molecular complexity index is 883. The summed E-state index contributed by atoms with van der Waals surface area (Å²) in [6, 6.07) is 10.2. The van der Waals surface area contributed by atoms with Gasteiger partial charge in [0.2, 0.25) is 0 Å². The number of para-hydroxylation sites is 2. The first-order chi connectivity index (χ1) is 12.6. The Morgan fingerprint density at radius 1 is 1.08 bits per heavy atom. The van der Waals surface area contributed by atoms with E-state index in [4.69, 9.17) is 13.6 Å². The zero-order chi connectivity index (χ0) is 18.4. The van der Waals surface area contributed by atoms with Crippen LogP contribution in [0.4, 0.5) is 0 Å². The van der Waals surface area contributed by atoms with Gasteiger partial charge in [0, 0.05) is 6.42 Å². The number of rotatable bonds is 6. The van der Waals surface area contributed by atoms with E-state index in [9.17, 15) is 14.4 Å². The molecule has 0 aliphatic heterocycles. The fourth-order valence-electron chi connectivity index (χ4n) is 2.09. The first-order valence-corrected chi connectivity index (χ1v) is 7.74. The van der Waals surface area contributed by atoms with E-state index in [0.29, 0.717) is 17.0 Å². The average Bonchev–Trinajstić information content (AvgIpc) is 3.31. The predicted molar refractivity (Wildman–Crippen MR) is 87.6 cm³/mol. The third kappa shape index (κ3) is 4.47. The number of aryl methyl sites for hydroxylation is 1. The quantitative estimate of drug-likeness (QED) is 0.504. The van der Waals surface area contributed by atoms with Gasteiger partial charge >= 0.3 is 11.9 Å². The number of nitrogens with one attached hydrogen (secondary N) is 2. The van der Waals surface area contributed by atoms with Gasteiger partial charge in [0.15, 0.2) is 23.8 Å². The number of hydrogen-bond donors (Lipinski definition) is 2. The number of aromatic nitrogens is 1. The molecule has 0 fully saturated rings. The number of amides is 2. The molecule has 9 heteroatoms. The molecule has 0 aliphatic rings. The second-order valence-electron chi connectivity index (χ2n) is 5.22. The minimum atomic E-state index is -0.680. The maximum Gasteiger partial charge on any atom is 0.306 e. The monoisotopic (exact) mass is 357 g/mol. The van der Waals surface area contributed by atoms with Gasteiger partial charge in [-0.2, -0.15) is 0 Å². The SMILES string of the molecule is O=C(COC(=O)CCc1nc2ccccc2o1)NNC(=O)c1ccco1. The van der Waals surface area contributed by atoms with Crippen LogP contribution in [0.25, 0.3) is 11.1 Å². The summed E-state index contributed by atoms with van der Waals surface area (Å²) in [5, 5.41) is 0. The summed E-state index contributed by atoms with van der Waals surface area (Å²) in [7, 11) is 0. The van der Waals surface area contributed by atoms with Crippen LogP contribution in [0.5, 0.6) is 0 Å². The number of oxazole rings is 1. The minimum absolute atomic E-state index is 0.0128. The summed E-state index contributed by atoms with van der Waals surface area (Å²) in [6.07, 6.45) is 1.60. The van der Waals surface area contributed by atoms with Gasteiger partial charge in [-0.15, -0.1) is 0 Å². The van der Waals surface area contributed by atoms with Gasteiger partial charge in [-0.05, 0) is 24.3 Å². The summed E-state index contributed by atoms with van der Waals surface area (Å²) in [4.78, 5) is 39.0. The lowest BCUT2D eigenvalue weighted by Crippen LogP contribution is -2.43. The van der Waals surface area contributed by atoms with Gasteiger partial charge in [-0.25, -0.2) is 4.98 Å². The Kier molecular flexibility index (Phi) is 5.28. The number of esters is 1. The van der Waals surface area contributed by atoms with Crippen molar-refractivity contribution in [2.75, 3.05) is 6.61 Å². The van der Waals surface area contributed by atoms with Crippen LogP contribution in [0.15, 0.2) is 51.5 Å². The lowest BCUT2D eigenvalue weighted by molar-refractivity contribution is -0.148. The molecule has 0 saturated heterocycles. The zero-order valence-electron chi connectivity index (χ0n) is 13.6. The Morgan fingerprint density at radius 2 is 1.92 bits per heavy atom. The Hall–Kier alpha value is -3.62. The molecule has 3 aromatic rings. The van der Waals surface area contributed by atoms with E-state index >= 15 is 0 Å². The molecule has 2 amide bonds. The smallest absolute Gasteiger partial charge is 0.306 e. The van der Waals surface area contributed by atoms with Gasteiger partial charge in [0.25, 0.3) is 5.91 Å². The lowest BCUT2D eigenvalue weighted by atomic mass is 10.3. The molecule has 3 rings (SSSR count). The second kappa shape index (κ2) is 7.97. The van der Waals surface area contributed by atoms with Crippen LogP contribution >= 0.6 is 0 Å². The van der Waals surface area contributed by atoms with Crippen LogP contribution in [0.3, 0.4) is 0 Å². The van der Waals surface area contributed by atoms with E-state index in [1.165, 1.54) is 18.4 Å². The highest BCUT2D eigenvalue weighted by Gasteiger charge is 2.13. The molecule has 0 aliphatic carbocycles. The van der Waals surface area contributed by atoms with Crippen LogP contribution in [-0.2, 0) is 20.7 Å². The van der Waals surface area contributed by atoms with E-state index in [1.54, 1.807) is 6.07 Å². The molecule has 9 nitrogen and oxygen atoms in total. The molecule has 0 radical (unpaired) electrons. The van der Waals surface area contributed by atoms with Gasteiger partial charge in [-0.3, -0.25) is 25.2 Å². The minimum Gasteiger partial charge on any atom is -0.459 e. The molecular formula is C17H15N3O6. The van der Waals surface area contributed by atoms with Crippen molar-refractivity contribution in [1.29, 1.82) is 0 Å². The molecule has 0 atom stereocenters. The lowest BCUT2D eigenvalue weighted by Gasteiger charge is -2.06. The van der Waals surface area contributed by atoms with Gasteiger partial charge in [0.1, 0.15) is 5.52 Å². The summed E-state index contributed by atoms with van der Waals surface area (Å²) in [5.74, 6) is -1.43. The van der Waals surface area contributed by atoms with Crippen LogP contribution in [0.2, 0.25) is 0 Å². The van der Waals surface area contributed by atoms with Crippen molar-refractivity contribution in [3.8, 4) is 0 Å². The number of carbonyl (C=O) groups excluding carboxylic acids is 3. The molecule has 2 heterocycles. The van der Waals surface area contributed by atoms with Crippen molar-refractivity contribution >= 4 is 28.9 Å². The third-order valence-electron chi connectivity index (χ3n) is 3.31. The number of hydrazine groups is 1. The predicted octanol–water partition coefficient (Wildman–Crippen LogP) is 1.36. The van der Waals surface area contributed by atoms with Crippen LogP contribution in [0, 0.1) is 0 Å². The second-order valence-corrected chi connectivity index (χ2v) is 5.22. The summed E-state index contributed by atoms with van der Waals surface area (Å²) < 4.78 is 15.2. The number of hydrogen-bond acceptors (Lipinski definition) is 7. The molecule has 134 valence electrons. The molecule has 26 heavy (non-hydrogen) atoms. The highest BCUT2D eigenvalue weighted by atomic mass is 16.5. The van der Waals surface area contributed by atoms with Crippen molar-refractivity contribution in [2.45, 2.75) is 12.8 Å². The highest BCUT2D eigenvalue weighted by molar-refractivity contribution is 5.93. The summed E-state index contributed by atoms with van der Waals surface area (Å²) >= 11 is 0. The van der Waals surface area contributed by atoms with E-state index in [1.807, 2.05) is 18.2 Å². The first kappa shape index (κ1) is 17.2. The fourth-order valence-corrected chi connectivity index (χ4v) is 2.09. The number of ether oxygens (including phenoxy) is 1. The standard InChI is InChI=1S/C17H15N3O6/c21-14(19-20-17(23)13-6-3-9-24-13)10-25-16(22)8-7-15-18-11-4-1-2-5-12(11)26-15/h1-6,9H,7-8,10H2,(H,19,21)(H,20,23). The van der Waals surface area contributed by atoms with Gasteiger partial charge < -0.3 is 13.6 Å². The number of carbonyl (C=O) groups is 3. The molecule has 2 aromatic heterocycles. The van der Waals surface area contributed by atoms with Crippen molar-refractivity contribution in [2.24, 2.45) is 0 Å². The van der Waals surface area contributed by atoms with E-state index in [-0.39, 0.29) is 18.6 Å². The van der Waals surface area contributed by atoms with Crippen molar-refractivity contribution in [1.82, 2.24) is 15.8 Å². The molecule has 2 N–H and O–H groups in total. The maximum absolute atomic E-state index is 11.7. The van der Waals surface area contributed by atoms with Gasteiger partial charge in [-0.1, -0.05) is 12.1 Å². The van der Waals surface area contributed by atoms with Gasteiger partial charge in [0.05, 0.1) is 12.7 Å². The first-order valence-electron chi connectivity index (χ1n) is 7.74. The topological polar surface area (TPSA) is 124 Å². The molecule has 0 saturated carbocycles. The fraction of sp³-hybridized carbons (Fsp3) is 0.176. The third-order valence-corrected chi connectivity index (χ3v) is 3.31. The molecular weight excluding hydrogens is 342 g/mol. The Morgan fingerprint density at radius 3 is 2.69 bits per heavy atom. The molecule has 0 unspecified atom stereocenters. The van der Waals surface area contributed by atoms with Crippen LogP contribution in [-0.4, -0.2) is 29.4 Å². The zero-order valence-corrected chi connectivity index (χ0v) is 13.6. The van der Waals surface area contributed by atoms with E-state index in [2.05, 4.69) is 15.8 Å². The Labute approximate surface area is 147 Å². The van der Waals surface area contributed by atoms with Crippen LogP contribution < -0.4 is 10.9 Å². The largest absolute Gasteiger partial charge is 0.459 e. The average molecular weight is 357 g/mol. The van der Waals surface area contributed by atoms with E-state index < -0.39 is 24.4 Å². The van der Waals surface area contributed by atoms with E-state index in [0.717, 1.165) is 0 Å². The Balaban J connectivity index is 1.36. The summed E-state index contributed by atoms with van der Waals surface area (Å²) in [6.45, 7) is -0.523. The molecule has 1 aromatic carbocycles. The highest BCUT2D eigenvalue weighted by Crippen LogP contribution is 2.15. The number of nitrogens with zero attached hydrogens (tertiary/aromatic N) is 1. The summed E-state index contributed by atoms with van der Waals surface area (Å²) in [5.41, 5.74) is 5.60. The molecule has 0 spiro atoms. The number of fused-ring (bicyclic) bond motifs is 1.